The average Bonchev–Trinajstić information content (AvgIpc) is 2.65. The van der Waals surface area contributed by atoms with Crippen molar-refractivity contribution in [1.82, 2.24) is 20.2 Å². The van der Waals surface area contributed by atoms with E-state index >= 15 is 0 Å². The summed E-state index contributed by atoms with van der Waals surface area (Å²) in [6.07, 6.45) is 3.46. The van der Waals surface area contributed by atoms with Gasteiger partial charge in [0.05, 0.1) is 0 Å². The Labute approximate surface area is 147 Å². The fraction of sp³-hybridized carbons (Fsp3) is 0.389. The lowest BCUT2D eigenvalue weighted by Gasteiger charge is -2.34. The molecule has 0 bridgehead atoms. The average molecular weight is 341 g/mol. The number of hydrogen-bond donors (Lipinski definition) is 1. The minimum atomic E-state index is -0.113. The number of ether oxygens (including phenoxy) is 1. The van der Waals surface area contributed by atoms with Gasteiger partial charge in [-0.15, -0.1) is 0 Å². The third kappa shape index (κ3) is 4.37. The zero-order chi connectivity index (χ0) is 17.6. The van der Waals surface area contributed by atoms with Crippen LogP contribution in [0.2, 0.25) is 0 Å². The molecule has 1 saturated heterocycles. The molecular weight excluding hydrogens is 318 g/mol. The second-order valence-electron chi connectivity index (χ2n) is 6.04. The highest BCUT2D eigenvalue weighted by molar-refractivity contribution is 5.74. The van der Waals surface area contributed by atoms with Gasteiger partial charge in [0.2, 0.25) is 5.95 Å². The number of piperazine rings is 1. The van der Waals surface area contributed by atoms with Crippen LogP contribution in [0.4, 0.5) is 10.7 Å². The van der Waals surface area contributed by atoms with Crippen molar-refractivity contribution in [3.63, 3.8) is 0 Å². The first-order valence-electron chi connectivity index (χ1n) is 8.38. The number of nitrogens with one attached hydrogen (secondary N) is 1. The number of benzene rings is 1. The van der Waals surface area contributed by atoms with Crippen LogP contribution >= 0.6 is 0 Å². The lowest BCUT2D eigenvalue weighted by molar-refractivity contribution is 0.181. The second-order valence-corrected chi connectivity index (χ2v) is 6.04. The highest BCUT2D eigenvalue weighted by atomic mass is 16.5. The molecule has 0 aliphatic carbocycles. The van der Waals surface area contributed by atoms with Crippen molar-refractivity contribution in [2.45, 2.75) is 13.8 Å². The molecule has 25 heavy (non-hydrogen) atoms. The number of hydrogen-bond acceptors (Lipinski definition) is 5. The van der Waals surface area contributed by atoms with Crippen molar-refractivity contribution in [2.75, 3.05) is 37.8 Å². The quantitative estimate of drug-likeness (QED) is 0.861. The first-order chi connectivity index (χ1) is 12.1. The molecule has 1 aromatic heterocycles. The maximum Gasteiger partial charge on any atom is 0.320 e. The molecule has 0 atom stereocenters. The fourth-order valence-corrected chi connectivity index (χ4v) is 2.66. The Hall–Kier alpha value is -2.83. The zero-order valence-electron chi connectivity index (χ0n) is 14.6. The second kappa shape index (κ2) is 7.83. The van der Waals surface area contributed by atoms with E-state index in [-0.39, 0.29) is 12.8 Å². The van der Waals surface area contributed by atoms with Crippen LogP contribution < -0.4 is 15.0 Å². The Morgan fingerprint density at radius 3 is 2.52 bits per heavy atom. The zero-order valence-corrected chi connectivity index (χ0v) is 14.6. The van der Waals surface area contributed by atoms with Crippen LogP contribution in [0.1, 0.15) is 11.1 Å². The predicted molar refractivity (Wildman–Crippen MR) is 95.8 cm³/mol. The molecule has 3 rings (SSSR count). The van der Waals surface area contributed by atoms with Crippen molar-refractivity contribution >= 4 is 12.0 Å². The number of carbonyl (C=O) groups is 1. The normalized spacial score (nSPS) is 14.3. The molecule has 7 nitrogen and oxygen atoms in total. The number of aryl methyl sites for hydroxylation is 2. The molecule has 0 saturated carbocycles. The number of rotatable bonds is 4. The first kappa shape index (κ1) is 17.0. The molecular formula is C18H23N5O2. The van der Waals surface area contributed by atoms with Gasteiger partial charge in [-0.05, 0) is 43.2 Å². The Kier molecular flexibility index (Phi) is 5.33. The van der Waals surface area contributed by atoms with Crippen LogP contribution in [0.3, 0.4) is 0 Å². The summed E-state index contributed by atoms with van der Waals surface area (Å²) < 4.78 is 5.60. The van der Waals surface area contributed by atoms with E-state index in [1.807, 2.05) is 25.1 Å². The summed E-state index contributed by atoms with van der Waals surface area (Å²) in [5.74, 6) is 1.47. The van der Waals surface area contributed by atoms with Crippen LogP contribution in [-0.4, -0.2) is 53.8 Å². The van der Waals surface area contributed by atoms with E-state index in [9.17, 15) is 4.79 Å². The van der Waals surface area contributed by atoms with Gasteiger partial charge < -0.3 is 19.9 Å². The van der Waals surface area contributed by atoms with Crippen LogP contribution in [-0.2, 0) is 0 Å². The van der Waals surface area contributed by atoms with Gasteiger partial charge >= 0.3 is 6.03 Å². The van der Waals surface area contributed by atoms with E-state index in [4.69, 9.17) is 4.74 Å². The molecule has 0 spiro atoms. The van der Waals surface area contributed by atoms with Gasteiger partial charge in [0.1, 0.15) is 5.75 Å². The van der Waals surface area contributed by atoms with Gasteiger partial charge in [-0.2, -0.15) is 0 Å². The fourth-order valence-electron chi connectivity index (χ4n) is 2.66. The standard InChI is InChI=1S/C18H23N5O2/c1-14-4-5-16(12-15(14)2)25-13-21-18(24)23-10-8-22(9-11-23)17-19-6-3-7-20-17/h3-7,12H,8-11,13H2,1-2H3,(H,21,24). The number of aromatic nitrogens is 2. The third-order valence-corrected chi connectivity index (χ3v) is 4.34. The highest BCUT2D eigenvalue weighted by Crippen LogP contribution is 2.16. The van der Waals surface area contributed by atoms with E-state index in [2.05, 4.69) is 27.1 Å². The third-order valence-electron chi connectivity index (χ3n) is 4.34. The molecule has 0 radical (unpaired) electrons. The topological polar surface area (TPSA) is 70.6 Å². The van der Waals surface area contributed by atoms with Gasteiger partial charge in [-0.1, -0.05) is 6.07 Å². The SMILES string of the molecule is Cc1ccc(OCNC(=O)N2CCN(c3ncccn3)CC2)cc1C. The molecule has 7 heteroatoms. The summed E-state index contributed by atoms with van der Waals surface area (Å²) in [4.78, 5) is 24.6. The lowest BCUT2D eigenvalue weighted by atomic mass is 10.1. The number of urea groups is 1. The molecule has 1 aromatic carbocycles. The van der Waals surface area contributed by atoms with Gasteiger partial charge in [0.15, 0.2) is 6.73 Å². The minimum Gasteiger partial charge on any atom is -0.473 e. The van der Waals surface area contributed by atoms with Crippen molar-refractivity contribution < 1.29 is 9.53 Å². The van der Waals surface area contributed by atoms with Crippen LogP contribution in [0, 0.1) is 13.8 Å². The van der Waals surface area contributed by atoms with Crippen molar-refractivity contribution in [2.24, 2.45) is 0 Å². The molecule has 0 unspecified atom stereocenters. The van der Waals surface area contributed by atoms with Gasteiger partial charge in [0.25, 0.3) is 0 Å². The van der Waals surface area contributed by atoms with E-state index in [1.54, 1.807) is 23.4 Å². The summed E-state index contributed by atoms with van der Waals surface area (Å²) in [5, 5.41) is 2.80. The van der Waals surface area contributed by atoms with Crippen LogP contribution in [0.25, 0.3) is 0 Å². The molecule has 1 fully saturated rings. The number of amides is 2. The predicted octanol–water partition coefficient (Wildman–Crippen LogP) is 1.96. The smallest absolute Gasteiger partial charge is 0.320 e. The van der Waals surface area contributed by atoms with Gasteiger partial charge in [0, 0.05) is 38.6 Å². The summed E-state index contributed by atoms with van der Waals surface area (Å²) in [5.41, 5.74) is 2.39. The Bertz CT molecular complexity index is 715. The van der Waals surface area contributed by atoms with Crippen molar-refractivity contribution in [3.05, 3.63) is 47.8 Å². The molecule has 132 valence electrons. The molecule has 2 aromatic rings. The van der Waals surface area contributed by atoms with Crippen molar-refractivity contribution in [1.29, 1.82) is 0 Å². The van der Waals surface area contributed by atoms with E-state index in [1.165, 1.54) is 11.1 Å². The summed E-state index contributed by atoms with van der Waals surface area (Å²) >= 11 is 0. The summed E-state index contributed by atoms with van der Waals surface area (Å²) in [6.45, 7) is 6.95. The Balaban J connectivity index is 1.43. The Morgan fingerprint density at radius 1 is 1.12 bits per heavy atom. The monoisotopic (exact) mass is 341 g/mol. The van der Waals surface area contributed by atoms with Gasteiger partial charge in [-0.25, -0.2) is 14.8 Å². The number of anilines is 1. The van der Waals surface area contributed by atoms with Crippen molar-refractivity contribution in [3.8, 4) is 5.75 Å². The van der Waals surface area contributed by atoms with E-state index in [0.29, 0.717) is 19.0 Å². The summed E-state index contributed by atoms with van der Waals surface area (Å²) in [6, 6.07) is 7.57. The van der Waals surface area contributed by atoms with Crippen LogP contribution in [0.15, 0.2) is 36.7 Å². The molecule has 1 aliphatic rings. The maximum absolute atomic E-state index is 12.2. The minimum absolute atomic E-state index is 0.113. The number of nitrogens with zero attached hydrogens (tertiary/aromatic N) is 4. The first-order valence-corrected chi connectivity index (χ1v) is 8.38. The van der Waals surface area contributed by atoms with E-state index in [0.717, 1.165) is 18.8 Å². The largest absolute Gasteiger partial charge is 0.473 e. The highest BCUT2D eigenvalue weighted by Gasteiger charge is 2.22. The molecule has 1 N–H and O–H groups in total. The van der Waals surface area contributed by atoms with Crippen LogP contribution in [0.5, 0.6) is 5.75 Å². The maximum atomic E-state index is 12.2. The Morgan fingerprint density at radius 2 is 1.84 bits per heavy atom. The lowest BCUT2D eigenvalue weighted by Crippen LogP contribution is -2.52. The van der Waals surface area contributed by atoms with E-state index < -0.39 is 0 Å². The molecule has 1 aliphatic heterocycles. The molecule has 2 heterocycles. The molecule has 2 amide bonds. The van der Waals surface area contributed by atoms with Gasteiger partial charge in [-0.3, -0.25) is 0 Å². The number of carbonyl (C=O) groups excluding carboxylic acids is 1. The summed E-state index contributed by atoms with van der Waals surface area (Å²) in [7, 11) is 0.